The zero-order valence-corrected chi connectivity index (χ0v) is 23.0. The number of fused-ring (bicyclic) bond motifs is 1. The lowest BCUT2D eigenvalue weighted by molar-refractivity contribution is 0.0976. The van der Waals surface area contributed by atoms with Crippen molar-refractivity contribution in [3.05, 3.63) is 65.2 Å². The quantitative estimate of drug-likeness (QED) is 0.238. The van der Waals surface area contributed by atoms with Gasteiger partial charge in [0.25, 0.3) is 5.91 Å². The van der Waals surface area contributed by atoms with Gasteiger partial charge in [0, 0.05) is 16.8 Å². The van der Waals surface area contributed by atoms with Crippen LogP contribution in [0, 0.1) is 13.8 Å². The predicted molar refractivity (Wildman–Crippen MR) is 153 cm³/mol. The van der Waals surface area contributed by atoms with E-state index in [2.05, 4.69) is 21.7 Å². The molecule has 2 N–H and O–H groups in total. The van der Waals surface area contributed by atoms with Gasteiger partial charge in [-0.05, 0) is 100 Å². The molecule has 0 aliphatic carbocycles. The third kappa shape index (κ3) is 6.06. The molecule has 0 unspecified atom stereocenters. The first-order chi connectivity index (χ1) is 18.3. The van der Waals surface area contributed by atoms with Crippen LogP contribution in [-0.4, -0.2) is 35.8 Å². The van der Waals surface area contributed by atoms with Crippen molar-refractivity contribution in [1.82, 2.24) is 10.3 Å². The number of carbonyl (C=O) groups excluding carboxylic acids is 1. The zero-order valence-electron chi connectivity index (χ0n) is 22.1. The molecule has 4 aromatic rings. The van der Waals surface area contributed by atoms with E-state index in [-0.39, 0.29) is 5.11 Å². The number of nitrogens with zero attached hydrogens (tertiary/aromatic N) is 1. The molecule has 1 aromatic heterocycles. The summed E-state index contributed by atoms with van der Waals surface area (Å²) in [7, 11) is 0. The van der Waals surface area contributed by atoms with Crippen LogP contribution in [0.4, 0.5) is 5.69 Å². The number of thiocarbonyl (C=S) groups is 1. The molecule has 0 atom stereocenters. The van der Waals surface area contributed by atoms with Crippen molar-refractivity contribution in [3.63, 3.8) is 0 Å². The van der Waals surface area contributed by atoms with Crippen LogP contribution in [0.1, 0.15) is 42.3 Å². The van der Waals surface area contributed by atoms with Gasteiger partial charge < -0.3 is 23.9 Å². The molecule has 0 aliphatic heterocycles. The normalized spacial score (nSPS) is 10.8. The highest BCUT2D eigenvalue weighted by Crippen LogP contribution is 2.39. The van der Waals surface area contributed by atoms with Gasteiger partial charge in [-0.25, -0.2) is 4.98 Å². The molecule has 1 heterocycles. The Morgan fingerprint density at radius 1 is 0.921 bits per heavy atom. The van der Waals surface area contributed by atoms with E-state index in [1.54, 1.807) is 12.1 Å². The van der Waals surface area contributed by atoms with Gasteiger partial charge in [-0.1, -0.05) is 6.07 Å². The van der Waals surface area contributed by atoms with Crippen molar-refractivity contribution in [2.45, 2.75) is 34.6 Å². The Balaban J connectivity index is 1.46. The highest BCUT2D eigenvalue weighted by atomic mass is 32.1. The molecule has 1 amide bonds. The van der Waals surface area contributed by atoms with Crippen molar-refractivity contribution in [3.8, 4) is 28.7 Å². The van der Waals surface area contributed by atoms with Crippen molar-refractivity contribution in [2.24, 2.45) is 0 Å². The van der Waals surface area contributed by atoms with Crippen molar-refractivity contribution in [2.75, 3.05) is 25.1 Å². The monoisotopic (exact) mass is 533 g/mol. The fourth-order valence-electron chi connectivity index (χ4n) is 4.05. The van der Waals surface area contributed by atoms with Crippen LogP contribution >= 0.6 is 12.2 Å². The lowest BCUT2D eigenvalue weighted by Crippen LogP contribution is -2.34. The minimum absolute atomic E-state index is 0.153. The Morgan fingerprint density at radius 3 is 2.16 bits per heavy atom. The van der Waals surface area contributed by atoms with Crippen LogP contribution in [0.5, 0.6) is 17.2 Å². The number of ether oxygens (including phenoxy) is 3. The number of hydrogen-bond donors (Lipinski definition) is 2. The second-order valence-electron chi connectivity index (χ2n) is 8.54. The Labute approximate surface area is 227 Å². The minimum Gasteiger partial charge on any atom is -0.490 e. The topological polar surface area (TPSA) is 94.9 Å². The summed E-state index contributed by atoms with van der Waals surface area (Å²) in [5.74, 6) is 1.48. The first kappa shape index (κ1) is 26.9. The predicted octanol–water partition coefficient (Wildman–Crippen LogP) is 6.43. The molecule has 9 heteroatoms. The number of benzene rings is 3. The molecule has 8 nitrogen and oxygen atoms in total. The highest BCUT2D eigenvalue weighted by molar-refractivity contribution is 7.80. The van der Waals surface area contributed by atoms with Gasteiger partial charge >= 0.3 is 0 Å². The van der Waals surface area contributed by atoms with Crippen LogP contribution < -0.4 is 24.8 Å². The lowest BCUT2D eigenvalue weighted by atomic mass is 10.1. The number of nitrogens with one attached hydrogen (secondary N) is 2. The van der Waals surface area contributed by atoms with Gasteiger partial charge in [-0.3, -0.25) is 10.1 Å². The van der Waals surface area contributed by atoms with Crippen molar-refractivity contribution in [1.29, 1.82) is 0 Å². The third-order valence-electron chi connectivity index (χ3n) is 5.61. The minimum atomic E-state index is -0.402. The fourth-order valence-corrected chi connectivity index (χ4v) is 4.26. The number of carbonyl (C=O) groups is 1. The van der Waals surface area contributed by atoms with E-state index < -0.39 is 5.91 Å². The van der Waals surface area contributed by atoms with Crippen LogP contribution in [0.3, 0.4) is 0 Å². The van der Waals surface area contributed by atoms with Gasteiger partial charge in [0.15, 0.2) is 22.2 Å². The molecule has 0 spiro atoms. The standard InChI is InChI=1S/C29H31N3O5S/c1-6-34-23-15-20(16-24(35-7-2)26(23)36-8-3)27(33)32-29(38)30-21-11-9-19(10-12-21)28-31-22-14-17(4)13-18(5)25(22)37-28/h9-16H,6-8H2,1-5H3,(H2,30,32,33,38). The molecule has 0 radical (unpaired) electrons. The number of aromatic nitrogens is 1. The Morgan fingerprint density at radius 2 is 1.55 bits per heavy atom. The smallest absolute Gasteiger partial charge is 0.257 e. The lowest BCUT2D eigenvalue weighted by Gasteiger charge is -2.17. The number of hydrogen-bond acceptors (Lipinski definition) is 7. The molecule has 3 aromatic carbocycles. The molecule has 38 heavy (non-hydrogen) atoms. The summed E-state index contributed by atoms with van der Waals surface area (Å²) < 4.78 is 23.1. The molecule has 0 aliphatic rings. The van der Waals surface area contributed by atoms with Crippen molar-refractivity contribution >= 4 is 40.0 Å². The first-order valence-corrected chi connectivity index (χ1v) is 12.9. The van der Waals surface area contributed by atoms with Gasteiger partial charge in [-0.15, -0.1) is 0 Å². The Hall–Kier alpha value is -4.11. The van der Waals surface area contributed by atoms with E-state index >= 15 is 0 Å². The van der Waals surface area contributed by atoms with Gasteiger partial charge in [0.05, 0.1) is 19.8 Å². The maximum absolute atomic E-state index is 13.0. The summed E-state index contributed by atoms with van der Waals surface area (Å²) in [6, 6.07) is 14.8. The number of aryl methyl sites for hydroxylation is 2. The second-order valence-corrected chi connectivity index (χ2v) is 8.94. The average Bonchev–Trinajstić information content (AvgIpc) is 3.31. The number of amides is 1. The zero-order chi connectivity index (χ0) is 27.2. The summed E-state index contributed by atoms with van der Waals surface area (Å²) in [5.41, 5.74) is 5.68. The van der Waals surface area contributed by atoms with Gasteiger partial charge in [-0.2, -0.15) is 0 Å². The summed E-state index contributed by atoms with van der Waals surface area (Å²) in [6.07, 6.45) is 0. The Bertz CT molecular complexity index is 1440. The number of rotatable bonds is 9. The fraction of sp³-hybridized carbons (Fsp3) is 0.276. The molecular weight excluding hydrogens is 502 g/mol. The van der Waals surface area contributed by atoms with Crippen molar-refractivity contribution < 1.29 is 23.4 Å². The summed E-state index contributed by atoms with van der Waals surface area (Å²) >= 11 is 5.38. The first-order valence-electron chi connectivity index (χ1n) is 12.5. The van der Waals surface area contributed by atoms with Crippen LogP contribution in [0.25, 0.3) is 22.6 Å². The third-order valence-corrected chi connectivity index (χ3v) is 5.81. The largest absolute Gasteiger partial charge is 0.490 e. The molecule has 0 bridgehead atoms. The molecule has 0 fully saturated rings. The van der Waals surface area contributed by atoms with E-state index in [4.69, 9.17) is 30.8 Å². The van der Waals surface area contributed by atoms with Gasteiger partial charge in [0.1, 0.15) is 5.52 Å². The van der Waals surface area contributed by atoms with Crippen LogP contribution in [-0.2, 0) is 0 Å². The second kappa shape index (κ2) is 12.0. The van der Waals surface area contributed by atoms with E-state index in [0.29, 0.717) is 54.2 Å². The SMILES string of the molecule is CCOc1cc(C(=O)NC(=S)Nc2ccc(-c3nc4cc(C)cc(C)c4o3)cc2)cc(OCC)c1OCC. The summed E-state index contributed by atoms with van der Waals surface area (Å²) in [6.45, 7) is 10.9. The average molecular weight is 534 g/mol. The maximum atomic E-state index is 13.0. The van der Waals surface area contributed by atoms with E-state index in [1.165, 1.54) is 0 Å². The van der Waals surface area contributed by atoms with Crippen LogP contribution in [0.2, 0.25) is 0 Å². The Kier molecular flexibility index (Phi) is 8.48. The molecule has 0 saturated heterocycles. The maximum Gasteiger partial charge on any atom is 0.257 e. The highest BCUT2D eigenvalue weighted by Gasteiger charge is 2.19. The van der Waals surface area contributed by atoms with E-state index in [9.17, 15) is 4.79 Å². The van der Waals surface area contributed by atoms with Crippen LogP contribution in [0.15, 0.2) is 52.9 Å². The molecule has 0 saturated carbocycles. The number of anilines is 1. The summed E-state index contributed by atoms with van der Waals surface area (Å²) in [5, 5.41) is 5.90. The molecular formula is C29H31N3O5S. The van der Waals surface area contributed by atoms with Gasteiger partial charge in [0.2, 0.25) is 11.6 Å². The molecule has 198 valence electrons. The molecule has 4 rings (SSSR count). The summed E-state index contributed by atoms with van der Waals surface area (Å²) in [4.78, 5) is 17.6. The number of oxazole rings is 1. The van der Waals surface area contributed by atoms with E-state index in [0.717, 1.165) is 27.8 Å². The van der Waals surface area contributed by atoms with E-state index in [1.807, 2.05) is 65.0 Å².